The summed E-state index contributed by atoms with van der Waals surface area (Å²) in [5.74, 6) is 0.00562. The summed E-state index contributed by atoms with van der Waals surface area (Å²) in [5, 5.41) is 11.9. The van der Waals surface area contributed by atoms with E-state index in [2.05, 4.69) is 15.3 Å². The Labute approximate surface area is 133 Å². The second-order valence-corrected chi connectivity index (χ2v) is 7.00. The maximum atomic E-state index is 11.8. The minimum absolute atomic E-state index is 0.104. The number of carbonyl (C=O) groups is 1. The summed E-state index contributed by atoms with van der Waals surface area (Å²) in [5.41, 5.74) is 0.987. The molecule has 0 unspecified atom stereocenters. The Morgan fingerprint density at radius 3 is 2.52 bits per heavy atom. The van der Waals surface area contributed by atoms with Crippen LogP contribution in [0.1, 0.15) is 0 Å². The first kappa shape index (κ1) is 16.8. The number of hydrogen-bond donors (Lipinski definition) is 2. The van der Waals surface area contributed by atoms with Crippen LogP contribution in [0.3, 0.4) is 0 Å². The molecule has 0 fully saturated rings. The van der Waals surface area contributed by atoms with Crippen LogP contribution in [-0.4, -0.2) is 53.6 Å². The average molecular weight is 336 g/mol. The molecule has 0 saturated heterocycles. The third kappa shape index (κ3) is 4.73. The normalized spacial score (nSPS) is 11.4. The smallest absolute Gasteiger partial charge is 0.239 e. The first-order valence-electron chi connectivity index (χ1n) is 6.58. The van der Waals surface area contributed by atoms with Crippen LogP contribution in [0.5, 0.6) is 5.75 Å². The van der Waals surface area contributed by atoms with Crippen LogP contribution in [0.25, 0.3) is 11.4 Å². The molecule has 9 heteroatoms. The van der Waals surface area contributed by atoms with Crippen molar-refractivity contribution in [2.75, 3.05) is 25.2 Å². The van der Waals surface area contributed by atoms with Gasteiger partial charge in [0.05, 0.1) is 30.9 Å². The van der Waals surface area contributed by atoms with Gasteiger partial charge in [0, 0.05) is 12.6 Å². The molecule has 8 nitrogen and oxygen atoms in total. The van der Waals surface area contributed by atoms with Crippen molar-refractivity contribution < 1.29 is 18.3 Å². The lowest BCUT2D eigenvalue weighted by Crippen LogP contribution is -2.34. The zero-order chi connectivity index (χ0) is 17.0. The van der Waals surface area contributed by atoms with Crippen molar-refractivity contribution in [3.05, 3.63) is 36.7 Å². The summed E-state index contributed by atoms with van der Waals surface area (Å²) < 4.78 is 23.4. The number of nitrogens with one attached hydrogen (secondary N) is 1. The summed E-state index contributed by atoms with van der Waals surface area (Å²) in [6, 6.07) is 6.48. The largest absolute Gasteiger partial charge is 0.508 e. The van der Waals surface area contributed by atoms with E-state index >= 15 is 0 Å². The third-order valence-corrected chi connectivity index (χ3v) is 4.23. The van der Waals surface area contributed by atoms with Crippen LogP contribution in [0.4, 0.5) is 5.69 Å². The van der Waals surface area contributed by atoms with E-state index < -0.39 is 15.9 Å². The highest BCUT2D eigenvalue weighted by atomic mass is 32.2. The van der Waals surface area contributed by atoms with Crippen LogP contribution in [0.15, 0.2) is 36.7 Å². The molecule has 2 aromatic rings. The first-order valence-corrected chi connectivity index (χ1v) is 8.43. The Bertz CT molecular complexity index is 806. The number of phenols is 1. The molecule has 1 heterocycles. The van der Waals surface area contributed by atoms with Crippen molar-refractivity contribution in [2.45, 2.75) is 0 Å². The predicted octanol–water partition coefficient (Wildman–Crippen LogP) is 0.679. The van der Waals surface area contributed by atoms with E-state index in [-0.39, 0.29) is 12.3 Å². The van der Waals surface area contributed by atoms with Gasteiger partial charge in [-0.05, 0) is 12.1 Å². The molecular weight excluding hydrogens is 320 g/mol. The number of carbonyl (C=O) groups excluding carboxylic acids is 1. The Balaban J connectivity index is 2.04. The lowest BCUT2D eigenvalue weighted by Gasteiger charge is -2.13. The van der Waals surface area contributed by atoms with Gasteiger partial charge in [0.2, 0.25) is 15.9 Å². The molecule has 1 aromatic heterocycles. The minimum Gasteiger partial charge on any atom is -0.508 e. The molecule has 0 saturated carbocycles. The molecule has 0 aliphatic carbocycles. The van der Waals surface area contributed by atoms with Gasteiger partial charge in [-0.15, -0.1) is 0 Å². The van der Waals surface area contributed by atoms with Gasteiger partial charge in [-0.25, -0.2) is 18.4 Å². The van der Waals surface area contributed by atoms with Crippen molar-refractivity contribution in [1.82, 2.24) is 14.3 Å². The van der Waals surface area contributed by atoms with Crippen LogP contribution in [0.2, 0.25) is 0 Å². The summed E-state index contributed by atoms with van der Waals surface area (Å²) in [4.78, 5) is 20.0. The molecule has 23 heavy (non-hydrogen) atoms. The van der Waals surface area contributed by atoms with Gasteiger partial charge in [0.15, 0.2) is 5.82 Å². The molecule has 0 aliphatic heterocycles. The maximum absolute atomic E-state index is 11.8. The molecule has 2 N–H and O–H groups in total. The number of amides is 1. The van der Waals surface area contributed by atoms with E-state index in [9.17, 15) is 18.3 Å². The van der Waals surface area contributed by atoms with E-state index in [1.54, 1.807) is 12.1 Å². The number of rotatable bonds is 5. The maximum Gasteiger partial charge on any atom is 0.239 e. The van der Waals surface area contributed by atoms with Crippen LogP contribution >= 0.6 is 0 Å². The van der Waals surface area contributed by atoms with Crippen molar-refractivity contribution in [3.63, 3.8) is 0 Å². The highest BCUT2D eigenvalue weighted by Crippen LogP contribution is 2.20. The predicted molar refractivity (Wildman–Crippen MR) is 85.2 cm³/mol. The highest BCUT2D eigenvalue weighted by Gasteiger charge is 2.15. The number of hydrogen-bond acceptors (Lipinski definition) is 6. The average Bonchev–Trinajstić information content (AvgIpc) is 2.47. The van der Waals surface area contributed by atoms with Gasteiger partial charge in [-0.3, -0.25) is 4.79 Å². The Hall–Kier alpha value is -2.52. The second kappa shape index (κ2) is 6.71. The van der Waals surface area contributed by atoms with E-state index in [0.717, 1.165) is 10.6 Å². The lowest BCUT2D eigenvalue weighted by molar-refractivity contribution is -0.116. The monoisotopic (exact) mass is 336 g/mol. The number of anilines is 1. The van der Waals surface area contributed by atoms with Gasteiger partial charge in [0.25, 0.3) is 0 Å². The minimum atomic E-state index is -3.42. The van der Waals surface area contributed by atoms with Crippen molar-refractivity contribution >= 4 is 21.6 Å². The lowest BCUT2D eigenvalue weighted by atomic mass is 10.2. The summed E-state index contributed by atoms with van der Waals surface area (Å²) in [6.07, 6.45) is 3.84. The molecular formula is C14H16N4O4S. The second-order valence-electron chi connectivity index (χ2n) is 4.91. The quantitative estimate of drug-likeness (QED) is 0.830. The molecule has 0 radical (unpaired) electrons. The van der Waals surface area contributed by atoms with Gasteiger partial charge in [-0.2, -0.15) is 4.31 Å². The van der Waals surface area contributed by atoms with E-state index in [0.29, 0.717) is 17.1 Å². The van der Waals surface area contributed by atoms with E-state index in [4.69, 9.17) is 0 Å². The number of phenolic OH excluding ortho intramolecular Hbond substituents is 1. The Morgan fingerprint density at radius 2 is 1.96 bits per heavy atom. The molecule has 1 amide bonds. The van der Waals surface area contributed by atoms with Crippen molar-refractivity contribution in [3.8, 4) is 17.1 Å². The number of sulfonamides is 1. The topological polar surface area (TPSA) is 112 Å². The molecule has 1 aromatic carbocycles. The molecule has 2 rings (SSSR count). The number of benzene rings is 1. The third-order valence-electron chi connectivity index (χ3n) is 2.97. The first-order chi connectivity index (χ1) is 10.8. The van der Waals surface area contributed by atoms with Gasteiger partial charge in [-0.1, -0.05) is 12.1 Å². The Morgan fingerprint density at radius 1 is 1.30 bits per heavy atom. The SMILES string of the molecule is CN(CC(=O)Nc1cnc(-c2cccc(O)c2)nc1)S(C)(=O)=O. The number of likely N-dealkylation sites (N-methyl/N-ethyl adjacent to an activating group) is 1. The Kier molecular flexibility index (Phi) is 4.92. The van der Waals surface area contributed by atoms with Crippen LogP contribution in [-0.2, 0) is 14.8 Å². The fourth-order valence-electron chi connectivity index (χ4n) is 1.71. The summed E-state index contributed by atoms with van der Waals surface area (Å²) in [6.45, 7) is -0.298. The fourth-order valence-corrected chi connectivity index (χ4v) is 2.06. The number of aromatic hydroxyl groups is 1. The number of aromatic nitrogens is 2. The number of nitrogens with zero attached hydrogens (tertiary/aromatic N) is 3. The summed E-state index contributed by atoms with van der Waals surface area (Å²) >= 11 is 0. The van der Waals surface area contributed by atoms with Gasteiger partial charge < -0.3 is 10.4 Å². The van der Waals surface area contributed by atoms with Crippen LogP contribution < -0.4 is 5.32 Å². The standard InChI is InChI=1S/C14H16N4O4S/c1-18(23(2,21)22)9-13(20)17-11-7-15-14(16-8-11)10-4-3-5-12(19)6-10/h3-8,19H,9H2,1-2H3,(H,17,20). The van der Waals surface area contributed by atoms with Gasteiger partial charge >= 0.3 is 0 Å². The van der Waals surface area contributed by atoms with Gasteiger partial charge in [0.1, 0.15) is 5.75 Å². The zero-order valence-electron chi connectivity index (χ0n) is 12.6. The molecule has 0 atom stereocenters. The summed E-state index contributed by atoms with van der Waals surface area (Å²) in [7, 11) is -2.10. The molecule has 0 aliphatic rings. The van der Waals surface area contributed by atoms with Crippen molar-refractivity contribution in [1.29, 1.82) is 0 Å². The zero-order valence-corrected chi connectivity index (χ0v) is 13.4. The van der Waals surface area contributed by atoms with Crippen molar-refractivity contribution in [2.24, 2.45) is 0 Å². The molecule has 0 bridgehead atoms. The molecule has 122 valence electrons. The van der Waals surface area contributed by atoms with Crippen LogP contribution in [0, 0.1) is 0 Å². The van der Waals surface area contributed by atoms with E-state index in [1.807, 2.05) is 0 Å². The highest BCUT2D eigenvalue weighted by molar-refractivity contribution is 7.88. The van der Waals surface area contributed by atoms with E-state index in [1.165, 1.54) is 31.6 Å². The molecule has 0 spiro atoms. The fraction of sp³-hybridized carbons (Fsp3) is 0.214.